The molecule has 1 saturated heterocycles. The summed E-state index contributed by atoms with van der Waals surface area (Å²) in [6.07, 6.45) is 4.10. The normalized spacial score (nSPS) is 26.1. The van der Waals surface area contributed by atoms with Gasteiger partial charge in [-0.05, 0) is 19.3 Å². The van der Waals surface area contributed by atoms with Crippen molar-refractivity contribution in [3.05, 3.63) is 0 Å². The number of nitrogens with zero attached hydrogens (tertiary/aromatic N) is 1. The lowest BCUT2D eigenvalue weighted by molar-refractivity contribution is -0.150. The van der Waals surface area contributed by atoms with Gasteiger partial charge in [0.05, 0.1) is 0 Å². The molecule has 3 atom stereocenters. The number of unbranched alkanes of at least 4 members (excludes halogenated alkanes) is 2. The van der Waals surface area contributed by atoms with Crippen LogP contribution in [0.4, 0.5) is 0 Å². The predicted octanol–water partition coefficient (Wildman–Crippen LogP) is 1.94. The van der Waals surface area contributed by atoms with E-state index < -0.39 is 0 Å². The lowest BCUT2D eigenvalue weighted by Crippen LogP contribution is -2.64. The Balaban J connectivity index is 2.72. The third kappa shape index (κ3) is 3.24. The third-order valence-electron chi connectivity index (χ3n) is 3.91. The molecule has 0 radical (unpaired) electrons. The second-order valence-corrected chi connectivity index (χ2v) is 5.29. The maximum Gasteiger partial charge on any atom is 0.246 e. The van der Waals surface area contributed by atoms with Crippen LogP contribution in [0.15, 0.2) is 0 Å². The van der Waals surface area contributed by atoms with Crippen LogP contribution in [-0.4, -0.2) is 35.3 Å². The van der Waals surface area contributed by atoms with Crippen molar-refractivity contribution in [3.8, 4) is 0 Å². The molecule has 0 bridgehead atoms. The first-order chi connectivity index (χ1) is 8.52. The van der Waals surface area contributed by atoms with Gasteiger partial charge < -0.3 is 10.2 Å². The summed E-state index contributed by atoms with van der Waals surface area (Å²) in [7, 11) is 0. The average Bonchev–Trinajstić information content (AvgIpc) is 2.37. The Morgan fingerprint density at radius 3 is 2.50 bits per heavy atom. The number of carbonyl (C=O) groups excluding carboxylic acids is 2. The minimum atomic E-state index is -0.333. The van der Waals surface area contributed by atoms with Gasteiger partial charge in [-0.25, -0.2) is 0 Å². The molecule has 3 unspecified atom stereocenters. The first kappa shape index (κ1) is 15.0. The number of nitrogens with one attached hydrogen (secondary N) is 1. The van der Waals surface area contributed by atoms with Crippen molar-refractivity contribution < 1.29 is 9.59 Å². The molecule has 0 aromatic rings. The summed E-state index contributed by atoms with van der Waals surface area (Å²) in [4.78, 5) is 26.1. The van der Waals surface area contributed by atoms with Gasteiger partial charge in [-0.2, -0.15) is 0 Å². The van der Waals surface area contributed by atoms with Gasteiger partial charge in [0.2, 0.25) is 11.8 Å². The van der Waals surface area contributed by atoms with Crippen LogP contribution in [0.3, 0.4) is 0 Å². The van der Waals surface area contributed by atoms with E-state index in [-0.39, 0.29) is 29.8 Å². The molecule has 1 fully saturated rings. The molecule has 2 amide bonds. The van der Waals surface area contributed by atoms with Crippen molar-refractivity contribution >= 4 is 11.8 Å². The first-order valence-corrected chi connectivity index (χ1v) is 7.13. The van der Waals surface area contributed by atoms with Crippen molar-refractivity contribution in [2.24, 2.45) is 5.92 Å². The molecule has 1 rings (SSSR count). The highest BCUT2D eigenvalue weighted by atomic mass is 16.2. The van der Waals surface area contributed by atoms with E-state index in [1.807, 2.05) is 20.8 Å². The molecule has 1 N–H and O–H groups in total. The van der Waals surface area contributed by atoms with Crippen LogP contribution in [-0.2, 0) is 9.59 Å². The minimum absolute atomic E-state index is 0.0172. The van der Waals surface area contributed by atoms with E-state index in [1.165, 1.54) is 0 Å². The summed E-state index contributed by atoms with van der Waals surface area (Å²) in [5, 5.41) is 2.86. The number of carbonyl (C=O) groups is 2. The highest BCUT2D eigenvalue weighted by molar-refractivity contribution is 5.96. The van der Waals surface area contributed by atoms with Crippen LogP contribution in [0, 0.1) is 5.92 Å². The van der Waals surface area contributed by atoms with Gasteiger partial charge in [-0.15, -0.1) is 0 Å². The monoisotopic (exact) mass is 254 g/mol. The molecule has 4 nitrogen and oxygen atoms in total. The zero-order chi connectivity index (χ0) is 13.7. The van der Waals surface area contributed by atoms with Gasteiger partial charge in [-0.3, -0.25) is 9.59 Å². The first-order valence-electron chi connectivity index (χ1n) is 7.13. The molecule has 0 spiro atoms. The van der Waals surface area contributed by atoms with E-state index in [2.05, 4.69) is 12.2 Å². The molecular weight excluding hydrogens is 228 g/mol. The van der Waals surface area contributed by atoms with Crippen LogP contribution in [0.5, 0.6) is 0 Å². The van der Waals surface area contributed by atoms with Gasteiger partial charge in [-0.1, -0.05) is 40.0 Å². The summed E-state index contributed by atoms with van der Waals surface area (Å²) in [5.74, 6) is 0.270. The SMILES string of the molecule is CCCCCN1C(=O)C(C(C)CC)NC(=O)C1C. The van der Waals surface area contributed by atoms with E-state index in [9.17, 15) is 9.59 Å². The molecule has 18 heavy (non-hydrogen) atoms. The van der Waals surface area contributed by atoms with Crippen molar-refractivity contribution in [2.45, 2.75) is 65.5 Å². The second kappa shape index (κ2) is 6.76. The van der Waals surface area contributed by atoms with Gasteiger partial charge in [0.15, 0.2) is 0 Å². The van der Waals surface area contributed by atoms with E-state index in [0.717, 1.165) is 25.7 Å². The predicted molar refractivity (Wildman–Crippen MR) is 72.1 cm³/mol. The maximum absolute atomic E-state index is 12.4. The molecule has 4 heteroatoms. The number of rotatable bonds is 6. The lowest BCUT2D eigenvalue weighted by atomic mass is 9.94. The summed E-state index contributed by atoms with van der Waals surface area (Å²) in [6, 6.07) is -0.657. The highest BCUT2D eigenvalue weighted by Crippen LogP contribution is 2.18. The molecule has 0 aromatic carbocycles. The molecule has 104 valence electrons. The van der Waals surface area contributed by atoms with E-state index in [0.29, 0.717) is 6.54 Å². The molecular formula is C14H26N2O2. The van der Waals surface area contributed by atoms with Crippen molar-refractivity contribution in [3.63, 3.8) is 0 Å². The van der Waals surface area contributed by atoms with Crippen LogP contribution < -0.4 is 5.32 Å². The third-order valence-corrected chi connectivity index (χ3v) is 3.91. The molecule has 0 aliphatic carbocycles. The highest BCUT2D eigenvalue weighted by Gasteiger charge is 2.39. The van der Waals surface area contributed by atoms with Crippen molar-refractivity contribution in [1.82, 2.24) is 10.2 Å². The van der Waals surface area contributed by atoms with Crippen LogP contribution in [0.1, 0.15) is 53.4 Å². The van der Waals surface area contributed by atoms with E-state index in [4.69, 9.17) is 0 Å². The molecule has 0 aromatic heterocycles. The van der Waals surface area contributed by atoms with Crippen molar-refractivity contribution in [2.75, 3.05) is 6.54 Å². The Morgan fingerprint density at radius 1 is 1.28 bits per heavy atom. The van der Waals surface area contributed by atoms with Gasteiger partial charge >= 0.3 is 0 Å². The Bertz CT molecular complexity index is 304. The Hall–Kier alpha value is -1.06. The fourth-order valence-corrected chi connectivity index (χ4v) is 2.30. The number of hydrogen-bond acceptors (Lipinski definition) is 2. The summed E-state index contributed by atoms with van der Waals surface area (Å²) in [6.45, 7) is 8.71. The fourth-order valence-electron chi connectivity index (χ4n) is 2.30. The summed E-state index contributed by atoms with van der Waals surface area (Å²) < 4.78 is 0. The zero-order valence-corrected chi connectivity index (χ0v) is 12.0. The lowest BCUT2D eigenvalue weighted by Gasteiger charge is -2.39. The summed E-state index contributed by atoms with van der Waals surface area (Å²) in [5.41, 5.74) is 0. The van der Waals surface area contributed by atoms with Gasteiger partial charge in [0.25, 0.3) is 0 Å². The Morgan fingerprint density at radius 2 is 1.94 bits per heavy atom. The fraction of sp³-hybridized carbons (Fsp3) is 0.857. The van der Waals surface area contributed by atoms with E-state index in [1.54, 1.807) is 4.90 Å². The largest absolute Gasteiger partial charge is 0.342 e. The summed E-state index contributed by atoms with van der Waals surface area (Å²) >= 11 is 0. The maximum atomic E-state index is 12.4. The molecule has 1 aliphatic rings. The quantitative estimate of drug-likeness (QED) is 0.736. The number of hydrogen-bond donors (Lipinski definition) is 1. The molecule has 1 aliphatic heterocycles. The minimum Gasteiger partial charge on any atom is -0.342 e. The number of piperazine rings is 1. The smallest absolute Gasteiger partial charge is 0.246 e. The zero-order valence-electron chi connectivity index (χ0n) is 12.0. The average molecular weight is 254 g/mol. The van der Waals surface area contributed by atoms with Gasteiger partial charge in [0, 0.05) is 6.54 Å². The van der Waals surface area contributed by atoms with Gasteiger partial charge in [0.1, 0.15) is 12.1 Å². The van der Waals surface area contributed by atoms with Crippen molar-refractivity contribution in [1.29, 1.82) is 0 Å². The standard InChI is InChI=1S/C14H26N2O2/c1-5-7-8-9-16-11(4)13(17)15-12(14(16)18)10(3)6-2/h10-12H,5-9H2,1-4H3,(H,15,17). The molecule has 1 heterocycles. The molecule has 0 saturated carbocycles. The number of amides is 2. The second-order valence-electron chi connectivity index (χ2n) is 5.29. The topological polar surface area (TPSA) is 49.4 Å². The van der Waals surface area contributed by atoms with Crippen LogP contribution in [0.25, 0.3) is 0 Å². The van der Waals surface area contributed by atoms with E-state index >= 15 is 0 Å². The Kier molecular flexibility index (Phi) is 5.63. The van der Waals surface area contributed by atoms with Crippen LogP contribution >= 0.6 is 0 Å². The van der Waals surface area contributed by atoms with Crippen LogP contribution in [0.2, 0.25) is 0 Å². The Labute approximate surface area is 110 Å².